The molecule has 1 fully saturated rings. The van der Waals surface area contributed by atoms with Gasteiger partial charge in [0.1, 0.15) is 5.82 Å². The number of aromatic nitrogens is 3. The summed E-state index contributed by atoms with van der Waals surface area (Å²) in [5, 5.41) is 9.37. The Morgan fingerprint density at radius 3 is 2.71 bits per heavy atom. The molecule has 0 saturated heterocycles. The van der Waals surface area contributed by atoms with Gasteiger partial charge in [-0.1, -0.05) is 12.8 Å². The SMILES string of the molecule is Cc1nnc(-c2ccc(N)s2)n1C1CCCC1. The molecule has 0 bridgehead atoms. The van der Waals surface area contributed by atoms with Crippen molar-refractivity contribution in [2.75, 3.05) is 5.73 Å². The summed E-state index contributed by atoms with van der Waals surface area (Å²) in [4.78, 5) is 1.12. The maximum Gasteiger partial charge on any atom is 0.174 e. The first-order valence-electron chi connectivity index (χ1n) is 6.03. The Morgan fingerprint density at radius 1 is 1.29 bits per heavy atom. The van der Waals surface area contributed by atoms with Gasteiger partial charge in [-0.3, -0.25) is 0 Å². The molecule has 0 aromatic carbocycles. The predicted octanol–water partition coefficient (Wildman–Crippen LogP) is 3.01. The van der Waals surface area contributed by atoms with Crippen molar-refractivity contribution in [3.63, 3.8) is 0 Å². The first-order chi connectivity index (χ1) is 8.25. The number of anilines is 1. The molecule has 2 heterocycles. The molecule has 0 radical (unpaired) electrons. The van der Waals surface area contributed by atoms with Gasteiger partial charge in [0.25, 0.3) is 0 Å². The minimum absolute atomic E-state index is 0.573. The van der Waals surface area contributed by atoms with Crippen molar-refractivity contribution >= 4 is 16.3 Å². The Balaban J connectivity index is 2.05. The third-order valence-corrected chi connectivity index (χ3v) is 4.31. The van der Waals surface area contributed by atoms with Crippen LogP contribution in [0.4, 0.5) is 5.00 Å². The van der Waals surface area contributed by atoms with Gasteiger partial charge < -0.3 is 10.3 Å². The van der Waals surface area contributed by atoms with Crippen molar-refractivity contribution in [3.8, 4) is 10.7 Å². The molecular weight excluding hydrogens is 232 g/mol. The molecule has 2 aromatic rings. The summed E-state index contributed by atoms with van der Waals surface area (Å²) in [6.45, 7) is 2.03. The Hall–Kier alpha value is -1.36. The van der Waals surface area contributed by atoms with Crippen LogP contribution in [-0.4, -0.2) is 14.8 Å². The van der Waals surface area contributed by atoms with E-state index in [4.69, 9.17) is 5.73 Å². The molecule has 1 saturated carbocycles. The third kappa shape index (κ3) is 1.84. The molecule has 0 spiro atoms. The van der Waals surface area contributed by atoms with E-state index < -0.39 is 0 Å². The quantitative estimate of drug-likeness (QED) is 0.888. The van der Waals surface area contributed by atoms with Crippen LogP contribution in [-0.2, 0) is 0 Å². The molecule has 0 atom stereocenters. The number of nitrogens with two attached hydrogens (primary N) is 1. The summed E-state index contributed by atoms with van der Waals surface area (Å²) >= 11 is 1.58. The van der Waals surface area contributed by atoms with E-state index in [1.165, 1.54) is 25.7 Å². The standard InChI is InChI=1S/C12H16N4S/c1-8-14-15-12(10-6-7-11(13)17-10)16(8)9-4-2-3-5-9/h6-7,9H,2-5,13H2,1H3. The van der Waals surface area contributed by atoms with Gasteiger partial charge in [0, 0.05) is 6.04 Å². The zero-order valence-corrected chi connectivity index (χ0v) is 10.7. The largest absolute Gasteiger partial charge is 0.391 e. The van der Waals surface area contributed by atoms with Crippen LogP contribution in [0.25, 0.3) is 10.7 Å². The van der Waals surface area contributed by atoms with E-state index in [2.05, 4.69) is 14.8 Å². The second-order valence-electron chi connectivity index (χ2n) is 4.58. The first-order valence-corrected chi connectivity index (χ1v) is 6.84. The molecule has 3 rings (SSSR count). The van der Waals surface area contributed by atoms with Crippen LogP contribution >= 0.6 is 11.3 Å². The van der Waals surface area contributed by atoms with Crippen LogP contribution in [0.15, 0.2) is 12.1 Å². The molecule has 1 aliphatic carbocycles. The number of aryl methyl sites for hydroxylation is 1. The maximum absolute atomic E-state index is 5.79. The van der Waals surface area contributed by atoms with E-state index in [0.717, 1.165) is 21.5 Å². The van der Waals surface area contributed by atoms with Crippen molar-refractivity contribution in [1.29, 1.82) is 0 Å². The molecule has 90 valence electrons. The van der Waals surface area contributed by atoms with Crippen LogP contribution < -0.4 is 5.73 Å². The number of hydrogen-bond acceptors (Lipinski definition) is 4. The minimum atomic E-state index is 0.573. The molecule has 1 aliphatic rings. The Morgan fingerprint density at radius 2 is 2.06 bits per heavy atom. The first kappa shape index (κ1) is 10.8. The summed E-state index contributed by atoms with van der Waals surface area (Å²) < 4.78 is 2.29. The van der Waals surface area contributed by atoms with Crippen molar-refractivity contribution in [3.05, 3.63) is 18.0 Å². The highest BCUT2D eigenvalue weighted by atomic mass is 32.1. The Kier molecular flexibility index (Phi) is 2.63. The van der Waals surface area contributed by atoms with E-state index in [1.54, 1.807) is 11.3 Å². The number of nitrogen functional groups attached to an aromatic ring is 1. The molecule has 0 unspecified atom stereocenters. The van der Waals surface area contributed by atoms with Gasteiger partial charge in [-0.05, 0) is 31.9 Å². The highest BCUT2D eigenvalue weighted by Gasteiger charge is 2.23. The Bertz CT molecular complexity index is 522. The fraction of sp³-hybridized carbons (Fsp3) is 0.500. The summed E-state index contributed by atoms with van der Waals surface area (Å²) in [5.41, 5.74) is 5.79. The van der Waals surface area contributed by atoms with Crippen LogP contribution in [0.3, 0.4) is 0 Å². The highest BCUT2D eigenvalue weighted by Crippen LogP contribution is 2.36. The summed E-state index contributed by atoms with van der Waals surface area (Å²) in [5.74, 6) is 2.00. The monoisotopic (exact) mass is 248 g/mol. The van der Waals surface area contributed by atoms with Gasteiger partial charge in [0.2, 0.25) is 0 Å². The number of nitrogens with zero attached hydrogens (tertiary/aromatic N) is 3. The van der Waals surface area contributed by atoms with E-state index in [0.29, 0.717) is 6.04 Å². The number of hydrogen-bond donors (Lipinski definition) is 1. The maximum atomic E-state index is 5.79. The molecule has 2 N–H and O–H groups in total. The molecule has 0 amide bonds. The van der Waals surface area contributed by atoms with Gasteiger partial charge >= 0.3 is 0 Å². The second-order valence-corrected chi connectivity index (χ2v) is 5.70. The zero-order chi connectivity index (χ0) is 11.8. The van der Waals surface area contributed by atoms with Gasteiger partial charge in [-0.2, -0.15) is 0 Å². The Labute approximate surface area is 104 Å². The number of thiophene rings is 1. The molecule has 0 aliphatic heterocycles. The fourth-order valence-corrected chi connectivity index (χ4v) is 3.37. The second kappa shape index (κ2) is 4.14. The van der Waals surface area contributed by atoms with Crippen LogP contribution in [0.5, 0.6) is 0 Å². The molecule has 17 heavy (non-hydrogen) atoms. The predicted molar refractivity (Wildman–Crippen MR) is 70.0 cm³/mol. The molecule has 5 heteroatoms. The molecule has 2 aromatic heterocycles. The summed E-state index contributed by atoms with van der Waals surface area (Å²) in [6.07, 6.45) is 5.11. The van der Waals surface area contributed by atoms with Crippen LogP contribution in [0.2, 0.25) is 0 Å². The number of rotatable bonds is 2. The molecular formula is C12H16N4S. The summed E-state index contributed by atoms with van der Waals surface area (Å²) in [7, 11) is 0. The van der Waals surface area contributed by atoms with E-state index in [-0.39, 0.29) is 0 Å². The lowest BCUT2D eigenvalue weighted by atomic mass is 10.2. The van der Waals surface area contributed by atoms with E-state index in [1.807, 2.05) is 19.1 Å². The van der Waals surface area contributed by atoms with Gasteiger partial charge in [0.15, 0.2) is 5.82 Å². The van der Waals surface area contributed by atoms with Gasteiger partial charge in [-0.25, -0.2) is 0 Å². The van der Waals surface area contributed by atoms with Crippen molar-refractivity contribution in [1.82, 2.24) is 14.8 Å². The van der Waals surface area contributed by atoms with Crippen molar-refractivity contribution in [2.45, 2.75) is 38.6 Å². The lowest BCUT2D eigenvalue weighted by molar-refractivity contribution is 0.511. The molecule has 4 nitrogen and oxygen atoms in total. The van der Waals surface area contributed by atoms with E-state index in [9.17, 15) is 0 Å². The topological polar surface area (TPSA) is 56.7 Å². The van der Waals surface area contributed by atoms with Gasteiger partial charge in [0.05, 0.1) is 9.88 Å². The zero-order valence-electron chi connectivity index (χ0n) is 9.89. The minimum Gasteiger partial charge on any atom is -0.391 e. The average Bonchev–Trinajstić information content (AvgIpc) is 2.97. The third-order valence-electron chi connectivity index (χ3n) is 3.40. The van der Waals surface area contributed by atoms with Crippen molar-refractivity contribution in [2.24, 2.45) is 0 Å². The average molecular weight is 248 g/mol. The van der Waals surface area contributed by atoms with E-state index >= 15 is 0 Å². The smallest absolute Gasteiger partial charge is 0.174 e. The van der Waals surface area contributed by atoms with Crippen molar-refractivity contribution < 1.29 is 0 Å². The van der Waals surface area contributed by atoms with Gasteiger partial charge in [-0.15, -0.1) is 21.5 Å². The normalized spacial score (nSPS) is 16.8. The summed E-state index contributed by atoms with van der Waals surface area (Å²) in [6, 6.07) is 4.54. The highest BCUT2D eigenvalue weighted by molar-refractivity contribution is 7.19. The lowest BCUT2D eigenvalue weighted by Gasteiger charge is -2.14. The lowest BCUT2D eigenvalue weighted by Crippen LogP contribution is -2.08. The van der Waals surface area contributed by atoms with Crippen LogP contribution in [0, 0.1) is 6.92 Å². The fourth-order valence-electron chi connectivity index (χ4n) is 2.61. The van der Waals surface area contributed by atoms with Crippen LogP contribution in [0.1, 0.15) is 37.5 Å².